The SMILES string of the molecule is COc1cc(/C=C(\C#N)C(=O)Nc2ccc(OCc3ccc(Cl)cc3Cl)cc2)ccc1OCc1ccc(Br)cc1. The van der Waals surface area contributed by atoms with Crippen LogP contribution < -0.4 is 19.5 Å². The summed E-state index contributed by atoms with van der Waals surface area (Å²) in [4.78, 5) is 12.8. The summed E-state index contributed by atoms with van der Waals surface area (Å²) >= 11 is 15.5. The number of nitriles is 1. The van der Waals surface area contributed by atoms with Crippen molar-refractivity contribution in [2.45, 2.75) is 13.2 Å². The van der Waals surface area contributed by atoms with Gasteiger partial charge in [-0.3, -0.25) is 4.79 Å². The molecule has 0 radical (unpaired) electrons. The number of halogens is 3. The van der Waals surface area contributed by atoms with E-state index < -0.39 is 5.91 Å². The Morgan fingerprint density at radius 3 is 2.35 bits per heavy atom. The molecule has 0 bridgehead atoms. The van der Waals surface area contributed by atoms with Gasteiger partial charge in [0.05, 0.1) is 7.11 Å². The summed E-state index contributed by atoms with van der Waals surface area (Å²) in [5.41, 5.74) is 2.86. The molecule has 0 aliphatic carbocycles. The normalized spacial score (nSPS) is 10.9. The van der Waals surface area contributed by atoms with Crippen molar-refractivity contribution in [3.63, 3.8) is 0 Å². The highest BCUT2D eigenvalue weighted by Crippen LogP contribution is 2.30. The first-order chi connectivity index (χ1) is 19.3. The molecule has 4 rings (SSSR count). The van der Waals surface area contributed by atoms with E-state index in [2.05, 4.69) is 21.2 Å². The predicted molar refractivity (Wildman–Crippen MR) is 161 cm³/mol. The number of methoxy groups -OCH3 is 1. The molecular weight excluding hydrogens is 615 g/mol. The quantitative estimate of drug-likeness (QED) is 0.139. The number of benzene rings is 4. The van der Waals surface area contributed by atoms with Crippen molar-refractivity contribution in [3.05, 3.63) is 122 Å². The zero-order valence-corrected chi connectivity index (χ0v) is 24.4. The lowest BCUT2D eigenvalue weighted by Crippen LogP contribution is -2.13. The van der Waals surface area contributed by atoms with E-state index in [0.29, 0.717) is 45.2 Å². The van der Waals surface area contributed by atoms with Gasteiger partial charge in [0.1, 0.15) is 30.6 Å². The van der Waals surface area contributed by atoms with Crippen molar-refractivity contribution < 1.29 is 19.0 Å². The highest BCUT2D eigenvalue weighted by atomic mass is 79.9. The molecule has 0 aliphatic heterocycles. The van der Waals surface area contributed by atoms with Crippen LogP contribution in [0.25, 0.3) is 6.08 Å². The predicted octanol–water partition coefficient (Wildman–Crippen LogP) is 8.47. The van der Waals surface area contributed by atoms with Gasteiger partial charge in [-0.15, -0.1) is 0 Å². The van der Waals surface area contributed by atoms with Crippen LogP contribution in [-0.4, -0.2) is 13.0 Å². The molecule has 0 aromatic heterocycles. The van der Waals surface area contributed by atoms with Crippen LogP contribution in [0.3, 0.4) is 0 Å². The van der Waals surface area contributed by atoms with Crippen LogP contribution >= 0.6 is 39.1 Å². The monoisotopic (exact) mass is 636 g/mol. The van der Waals surface area contributed by atoms with E-state index >= 15 is 0 Å². The number of anilines is 1. The first-order valence-electron chi connectivity index (χ1n) is 12.0. The lowest BCUT2D eigenvalue weighted by molar-refractivity contribution is -0.112. The van der Waals surface area contributed by atoms with Gasteiger partial charge in [0.25, 0.3) is 5.91 Å². The third-order valence-corrected chi connectivity index (χ3v) is 6.81. The fourth-order valence-electron chi connectivity index (χ4n) is 3.58. The number of nitrogens with one attached hydrogen (secondary N) is 1. The largest absolute Gasteiger partial charge is 0.493 e. The Labute approximate surface area is 250 Å². The van der Waals surface area contributed by atoms with E-state index in [0.717, 1.165) is 15.6 Å². The Morgan fingerprint density at radius 2 is 1.68 bits per heavy atom. The van der Waals surface area contributed by atoms with Crippen molar-refractivity contribution in [2.75, 3.05) is 12.4 Å². The Hall–Kier alpha value is -3.96. The Kier molecular flexibility index (Phi) is 10.1. The standard InChI is InChI=1S/C31H23BrCl2N2O4/c1-38-30-15-21(4-13-29(30)40-18-20-2-6-24(32)7-3-20)14-23(17-35)31(37)36-26-9-11-27(12-10-26)39-19-22-5-8-25(33)16-28(22)34/h2-16H,18-19H2,1H3,(H,36,37)/b23-14+. The van der Waals surface area contributed by atoms with Crippen LogP contribution in [0.4, 0.5) is 5.69 Å². The van der Waals surface area contributed by atoms with Crippen molar-refractivity contribution in [3.8, 4) is 23.3 Å². The molecule has 4 aromatic carbocycles. The summed E-state index contributed by atoms with van der Waals surface area (Å²) in [6.07, 6.45) is 1.49. The number of ether oxygens (including phenoxy) is 3. The van der Waals surface area contributed by atoms with Crippen molar-refractivity contribution in [2.24, 2.45) is 0 Å². The first kappa shape index (κ1) is 29.0. The number of carbonyl (C=O) groups is 1. The molecule has 0 unspecified atom stereocenters. The molecule has 0 spiro atoms. The van der Waals surface area contributed by atoms with E-state index in [4.69, 9.17) is 37.4 Å². The average Bonchev–Trinajstić information content (AvgIpc) is 2.96. The Bertz CT molecular complexity index is 1570. The van der Waals surface area contributed by atoms with Gasteiger partial charge >= 0.3 is 0 Å². The van der Waals surface area contributed by atoms with Gasteiger partial charge in [-0.1, -0.05) is 63.4 Å². The molecule has 6 nitrogen and oxygen atoms in total. The maximum absolute atomic E-state index is 12.8. The van der Waals surface area contributed by atoms with E-state index in [1.54, 1.807) is 60.7 Å². The molecule has 0 fully saturated rings. The van der Waals surface area contributed by atoms with E-state index in [1.807, 2.05) is 30.3 Å². The maximum Gasteiger partial charge on any atom is 0.266 e. The van der Waals surface area contributed by atoms with Crippen LogP contribution in [0.15, 0.2) is 95.0 Å². The smallest absolute Gasteiger partial charge is 0.266 e. The van der Waals surface area contributed by atoms with E-state index in [9.17, 15) is 10.1 Å². The molecule has 0 atom stereocenters. The third-order valence-electron chi connectivity index (χ3n) is 5.69. The van der Waals surface area contributed by atoms with Crippen LogP contribution in [0.2, 0.25) is 10.0 Å². The summed E-state index contributed by atoms with van der Waals surface area (Å²) in [7, 11) is 1.53. The van der Waals surface area contributed by atoms with Crippen LogP contribution in [0, 0.1) is 11.3 Å². The highest BCUT2D eigenvalue weighted by Gasteiger charge is 2.12. The first-order valence-corrected chi connectivity index (χ1v) is 13.5. The minimum absolute atomic E-state index is 0.0664. The van der Waals surface area contributed by atoms with Gasteiger partial charge in [0, 0.05) is 25.8 Å². The number of carbonyl (C=O) groups excluding carboxylic acids is 1. The minimum Gasteiger partial charge on any atom is -0.493 e. The average molecular weight is 638 g/mol. The van der Waals surface area contributed by atoms with Gasteiger partial charge in [0.2, 0.25) is 0 Å². The Balaban J connectivity index is 1.37. The minimum atomic E-state index is -0.543. The summed E-state index contributed by atoms with van der Waals surface area (Å²) in [6.45, 7) is 0.629. The number of hydrogen-bond acceptors (Lipinski definition) is 5. The van der Waals surface area contributed by atoms with E-state index in [-0.39, 0.29) is 12.2 Å². The molecule has 1 N–H and O–H groups in total. The van der Waals surface area contributed by atoms with Crippen LogP contribution in [0.5, 0.6) is 17.2 Å². The van der Waals surface area contributed by atoms with Crippen molar-refractivity contribution in [1.82, 2.24) is 0 Å². The fourth-order valence-corrected chi connectivity index (χ4v) is 4.31. The fraction of sp³-hybridized carbons (Fsp3) is 0.0968. The zero-order chi connectivity index (χ0) is 28.5. The molecular formula is C31H23BrCl2N2O4. The highest BCUT2D eigenvalue weighted by molar-refractivity contribution is 9.10. The molecule has 0 saturated heterocycles. The maximum atomic E-state index is 12.8. The lowest BCUT2D eigenvalue weighted by atomic mass is 10.1. The molecule has 40 heavy (non-hydrogen) atoms. The molecule has 0 saturated carbocycles. The second kappa shape index (κ2) is 13.9. The summed E-state index contributed by atoms with van der Waals surface area (Å²) in [5, 5.41) is 13.4. The van der Waals surface area contributed by atoms with Gasteiger partial charge in [0.15, 0.2) is 11.5 Å². The zero-order valence-electron chi connectivity index (χ0n) is 21.3. The number of hydrogen-bond donors (Lipinski definition) is 1. The topological polar surface area (TPSA) is 80.6 Å². The summed E-state index contributed by atoms with van der Waals surface area (Å²) in [5.74, 6) is 1.08. The Morgan fingerprint density at radius 1 is 0.925 bits per heavy atom. The van der Waals surface area contributed by atoms with Crippen molar-refractivity contribution in [1.29, 1.82) is 5.26 Å². The molecule has 0 heterocycles. The summed E-state index contributed by atoms with van der Waals surface area (Å²) < 4.78 is 18.1. The number of nitrogens with zero attached hydrogens (tertiary/aromatic N) is 1. The molecule has 4 aromatic rings. The number of amides is 1. The second-order valence-electron chi connectivity index (χ2n) is 8.50. The lowest BCUT2D eigenvalue weighted by Gasteiger charge is -2.12. The summed E-state index contributed by atoms with van der Waals surface area (Å²) in [6, 6.07) is 27.0. The van der Waals surface area contributed by atoms with Crippen molar-refractivity contribution >= 4 is 56.8 Å². The second-order valence-corrected chi connectivity index (χ2v) is 10.3. The molecule has 9 heteroatoms. The van der Waals surface area contributed by atoms with E-state index in [1.165, 1.54) is 13.2 Å². The van der Waals surface area contributed by atoms with Gasteiger partial charge in [-0.05, 0) is 77.9 Å². The molecule has 202 valence electrons. The van der Waals surface area contributed by atoms with Gasteiger partial charge in [-0.25, -0.2) is 0 Å². The van der Waals surface area contributed by atoms with Crippen LogP contribution in [0.1, 0.15) is 16.7 Å². The van der Waals surface area contributed by atoms with Gasteiger partial charge < -0.3 is 19.5 Å². The van der Waals surface area contributed by atoms with Gasteiger partial charge in [-0.2, -0.15) is 5.26 Å². The number of rotatable bonds is 10. The van der Waals surface area contributed by atoms with Crippen LogP contribution in [-0.2, 0) is 18.0 Å². The molecule has 1 amide bonds. The molecule has 0 aliphatic rings. The third kappa shape index (κ3) is 8.03.